The Kier molecular flexibility index (Phi) is 5.65. The van der Waals surface area contributed by atoms with Crippen molar-refractivity contribution in [2.24, 2.45) is 0 Å². The van der Waals surface area contributed by atoms with Gasteiger partial charge in [0.15, 0.2) is 0 Å². The van der Waals surface area contributed by atoms with Crippen LogP contribution in [0, 0.1) is 0 Å². The lowest BCUT2D eigenvalue weighted by Gasteiger charge is -2.36. The normalized spacial score (nSPS) is 23.6. The van der Waals surface area contributed by atoms with Gasteiger partial charge in [0.05, 0.1) is 19.1 Å². The first-order valence-corrected chi connectivity index (χ1v) is 10.5. The highest BCUT2D eigenvalue weighted by atomic mass is 32.2. The number of urea groups is 1. The van der Waals surface area contributed by atoms with Crippen LogP contribution in [0.3, 0.4) is 0 Å². The van der Waals surface area contributed by atoms with Gasteiger partial charge in [0.25, 0.3) is 0 Å². The summed E-state index contributed by atoms with van der Waals surface area (Å²) in [7, 11) is -3.20. The highest BCUT2D eigenvalue weighted by molar-refractivity contribution is 7.88. The molecule has 0 aromatic carbocycles. The van der Waals surface area contributed by atoms with Crippen LogP contribution in [0.15, 0.2) is 22.8 Å². The van der Waals surface area contributed by atoms with Gasteiger partial charge in [-0.2, -0.15) is 0 Å². The molecule has 0 radical (unpaired) electrons. The smallest absolute Gasteiger partial charge is 0.317 e. The number of piperazine rings is 1. The average Bonchev–Trinajstić information content (AvgIpc) is 3.08. The van der Waals surface area contributed by atoms with Crippen molar-refractivity contribution in [3.63, 3.8) is 0 Å². The summed E-state index contributed by atoms with van der Waals surface area (Å²) in [6.07, 6.45) is 4.48. The average molecular weight is 370 g/mol. The minimum absolute atomic E-state index is 0.0991. The van der Waals surface area contributed by atoms with Gasteiger partial charge in [-0.05, 0) is 25.0 Å². The minimum atomic E-state index is -3.20. The van der Waals surface area contributed by atoms with Crippen LogP contribution in [-0.2, 0) is 16.6 Å². The van der Waals surface area contributed by atoms with Crippen LogP contribution in [-0.4, -0.2) is 80.1 Å². The van der Waals surface area contributed by atoms with Gasteiger partial charge in [0, 0.05) is 45.3 Å². The summed E-state index contributed by atoms with van der Waals surface area (Å²) in [6.45, 7) is 4.58. The van der Waals surface area contributed by atoms with Crippen molar-refractivity contribution in [1.29, 1.82) is 0 Å². The van der Waals surface area contributed by atoms with E-state index in [1.807, 2.05) is 12.1 Å². The van der Waals surface area contributed by atoms with Gasteiger partial charge in [-0.15, -0.1) is 0 Å². The van der Waals surface area contributed by atoms with Gasteiger partial charge in [-0.3, -0.25) is 4.90 Å². The fourth-order valence-electron chi connectivity index (χ4n) is 3.36. The number of sulfonamides is 1. The number of carbonyl (C=O) groups excluding carboxylic acids is 1. The van der Waals surface area contributed by atoms with Crippen molar-refractivity contribution < 1.29 is 17.6 Å². The van der Waals surface area contributed by atoms with Gasteiger partial charge in [-0.25, -0.2) is 17.5 Å². The molecule has 140 valence electrons. The topological polar surface area (TPSA) is 86.1 Å². The van der Waals surface area contributed by atoms with Crippen LogP contribution >= 0.6 is 0 Å². The molecule has 1 atom stereocenters. The molecule has 25 heavy (non-hydrogen) atoms. The molecule has 0 aliphatic carbocycles. The zero-order chi connectivity index (χ0) is 17.9. The van der Waals surface area contributed by atoms with Crippen LogP contribution in [0.2, 0.25) is 0 Å². The van der Waals surface area contributed by atoms with Gasteiger partial charge >= 0.3 is 6.03 Å². The maximum Gasteiger partial charge on any atom is 0.317 e. The second kappa shape index (κ2) is 7.76. The second-order valence-corrected chi connectivity index (χ2v) is 8.73. The third-order valence-corrected chi connectivity index (χ3v) is 6.07. The van der Waals surface area contributed by atoms with E-state index in [-0.39, 0.29) is 12.1 Å². The van der Waals surface area contributed by atoms with E-state index in [1.54, 1.807) is 11.2 Å². The van der Waals surface area contributed by atoms with E-state index >= 15 is 0 Å². The summed E-state index contributed by atoms with van der Waals surface area (Å²) in [4.78, 5) is 16.5. The van der Waals surface area contributed by atoms with Crippen molar-refractivity contribution in [1.82, 2.24) is 19.4 Å². The Hall–Kier alpha value is -1.58. The summed E-state index contributed by atoms with van der Waals surface area (Å²) >= 11 is 0. The largest absolute Gasteiger partial charge is 0.468 e. The first kappa shape index (κ1) is 18.2. The fraction of sp³-hybridized carbons (Fsp3) is 0.688. The standard InChI is InChI=1S/C16H26N4O4S/c1-25(22,23)20-6-2-4-14(12-20)17-16(21)19-9-7-18(8-10-19)13-15-5-3-11-24-15/h3,5,11,14H,2,4,6-10,12-13H2,1H3,(H,17,21). The van der Waals surface area contributed by atoms with Crippen molar-refractivity contribution in [2.75, 3.05) is 45.5 Å². The van der Waals surface area contributed by atoms with Crippen molar-refractivity contribution in [3.05, 3.63) is 24.2 Å². The molecule has 0 saturated carbocycles. The van der Waals surface area contributed by atoms with Gasteiger partial charge in [0.1, 0.15) is 5.76 Å². The number of nitrogens with one attached hydrogen (secondary N) is 1. The first-order valence-electron chi connectivity index (χ1n) is 8.67. The molecule has 1 N–H and O–H groups in total. The van der Waals surface area contributed by atoms with Crippen molar-refractivity contribution in [3.8, 4) is 0 Å². The maximum absolute atomic E-state index is 12.5. The van der Waals surface area contributed by atoms with E-state index < -0.39 is 10.0 Å². The lowest BCUT2D eigenvalue weighted by atomic mass is 10.1. The first-order chi connectivity index (χ1) is 11.9. The summed E-state index contributed by atoms with van der Waals surface area (Å²) in [5.41, 5.74) is 0. The van der Waals surface area contributed by atoms with Crippen LogP contribution in [0.1, 0.15) is 18.6 Å². The number of nitrogens with zero attached hydrogens (tertiary/aromatic N) is 3. The molecule has 0 spiro atoms. The zero-order valence-electron chi connectivity index (χ0n) is 14.6. The van der Waals surface area contributed by atoms with E-state index in [1.165, 1.54) is 10.6 Å². The van der Waals surface area contributed by atoms with E-state index in [2.05, 4.69) is 10.2 Å². The Morgan fingerprint density at radius 1 is 1.28 bits per heavy atom. The molecule has 9 heteroatoms. The third-order valence-electron chi connectivity index (χ3n) is 4.80. The zero-order valence-corrected chi connectivity index (χ0v) is 15.4. The lowest BCUT2D eigenvalue weighted by Crippen LogP contribution is -2.56. The van der Waals surface area contributed by atoms with Gasteiger partial charge < -0.3 is 14.6 Å². The monoisotopic (exact) mass is 370 g/mol. The molecule has 2 aliphatic heterocycles. The maximum atomic E-state index is 12.5. The lowest BCUT2D eigenvalue weighted by molar-refractivity contribution is 0.126. The Morgan fingerprint density at radius 2 is 2.04 bits per heavy atom. The van der Waals surface area contributed by atoms with Crippen LogP contribution in [0.5, 0.6) is 0 Å². The predicted octanol–water partition coefficient (Wildman–Crippen LogP) is 0.531. The molecule has 1 unspecified atom stereocenters. The third kappa shape index (κ3) is 4.96. The Labute approximate surface area is 148 Å². The fourth-order valence-corrected chi connectivity index (χ4v) is 4.27. The number of rotatable bonds is 4. The van der Waals surface area contributed by atoms with E-state index in [4.69, 9.17) is 4.42 Å². The molecule has 8 nitrogen and oxygen atoms in total. The molecule has 1 aromatic rings. The SMILES string of the molecule is CS(=O)(=O)N1CCCC(NC(=O)N2CCN(Cc3ccco3)CC2)C1. The Bertz CT molecular complexity index is 668. The van der Waals surface area contributed by atoms with Gasteiger partial charge in [0.2, 0.25) is 10.0 Å². The molecule has 3 heterocycles. The molecule has 3 rings (SSSR count). The Balaban J connectivity index is 1.45. The quantitative estimate of drug-likeness (QED) is 0.836. The summed E-state index contributed by atoms with van der Waals surface area (Å²) in [6, 6.07) is 3.62. The molecule has 2 aliphatic rings. The molecular weight excluding hydrogens is 344 g/mol. The molecular formula is C16H26N4O4S. The van der Waals surface area contributed by atoms with Crippen molar-refractivity contribution in [2.45, 2.75) is 25.4 Å². The summed E-state index contributed by atoms with van der Waals surface area (Å²) in [5, 5.41) is 2.99. The molecule has 0 bridgehead atoms. The summed E-state index contributed by atoms with van der Waals surface area (Å²) in [5.74, 6) is 0.931. The van der Waals surface area contributed by atoms with Gasteiger partial charge in [-0.1, -0.05) is 0 Å². The molecule has 2 fully saturated rings. The number of hydrogen-bond acceptors (Lipinski definition) is 5. The van der Waals surface area contributed by atoms with E-state index in [0.717, 1.165) is 38.2 Å². The number of piperidine rings is 1. The minimum Gasteiger partial charge on any atom is -0.468 e. The molecule has 1 aromatic heterocycles. The van der Waals surface area contributed by atoms with E-state index in [0.29, 0.717) is 26.2 Å². The van der Waals surface area contributed by atoms with Crippen molar-refractivity contribution >= 4 is 16.1 Å². The Morgan fingerprint density at radius 3 is 2.68 bits per heavy atom. The van der Waals surface area contributed by atoms with Crippen LogP contribution in [0.4, 0.5) is 4.79 Å². The number of furan rings is 1. The predicted molar refractivity (Wildman–Crippen MR) is 93.5 cm³/mol. The number of hydrogen-bond donors (Lipinski definition) is 1. The second-order valence-electron chi connectivity index (χ2n) is 6.75. The highest BCUT2D eigenvalue weighted by Gasteiger charge is 2.29. The molecule has 2 amide bonds. The van der Waals surface area contributed by atoms with Crippen LogP contribution < -0.4 is 5.32 Å². The molecule has 2 saturated heterocycles. The summed E-state index contributed by atoms with van der Waals surface area (Å²) < 4.78 is 30.2. The van der Waals surface area contributed by atoms with Crippen LogP contribution in [0.25, 0.3) is 0 Å². The number of carbonyl (C=O) groups is 1. The highest BCUT2D eigenvalue weighted by Crippen LogP contribution is 2.14. The van der Waals surface area contributed by atoms with E-state index in [9.17, 15) is 13.2 Å². The number of amides is 2.